The highest BCUT2D eigenvalue weighted by atomic mass is 32.2. The smallest absolute Gasteiger partial charge is 0.236 e. The third kappa shape index (κ3) is 2.55. The van der Waals surface area contributed by atoms with Gasteiger partial charge in [0.2, 0.25) is 11.0 Å². The Morgan fingerprint density at radius 3 is 3.06 bits per heavy atom. The van der Waals surface area contributed by atoms with Crippen LogP contribution in [-0.2, 0) is 5.75 Å². The van der Waals surface area contributed by atoms with Crippen molar-refractivity contribution >= 4 is 39.6 Å². The van der Waals surface area contributed by atoms with Crippen LogP contribution in [0, 0.1) is 0 Å². The number of aromatic nitrogens is 3. The first-order valence-corrected chi connectivity index (χ1v) is 7.69. The van der Waals surface area contributed by atoms with Crippen LogP contribution in [0.2, 0.25) is 0 Å². The first kappa shape index (κ1) is 11.7. The molecule has 0 saturated heterocycles. The molecular formula is C10H8N4OS3. The lowest BCUT2D eigenvalue weighted by atomic mass is 10.5. The van der Waals surface area contributed by atoms with Crippen molar-refractivity contribution in [3.05, 3.63) is 29.5 Å². The van der Waals surface area contributed by atoms with E-state index < -0.39 is 0 Å². The van der Waals surface area contributed by atoms with Crippen LogP contribution in [0.5, 0.6) is 0 Å². The zero-order valence-electron chi connectivity index (χ0n) is 9.07. The van der Waals surface area contributed by atoms with Crippen molar-refractivity contribution in [3.8, 4) is 10.8 Å². The molecule has 0 aliphatic carbocycles. The molecule has 0 bridgehead atoms. The van der Waals surface area contributed by atoms with Gasteiger partial charge in [0, 0.05) is 5.75 Å². The zero-order valence-corrected chi connectivity index (χ0v) is 11.5. The minimum atomic E-state index is 0.483. The summed E-state index contributed by atoms with van der Waals surface area (Å²) in [5, 5.41) is 10.2. The maximum absolute atomic E-state index is 5.51. The number of oxazole rings is 1. The normalized spacial score (nSPS) is 10.9. The molecule has 3 aromatic rings. The Bertz CT molecular complexity index is 631. The van der Waals surface area contributed by atoms with Crippen molar-refractivity contribution in [2.45, 2.75) is 10.1 Å². The Labute approximate surface area is 115 Å². The van der Waals surface area contributed by atoms with Gasteiger partial charge in [-0.05, 0) is 11.4 Å². The third-order valence-corrected chi connectivity index (χ3v) is 4.83. The molecule has 2 N–H and O–H groups in total. The zero-order chi connectivity index (χ0) is 12.4. The van der Waals surface area contributed by atoms with Crippen LogP contribution < -0.4 is 5.73 Å². The lowest BCUT2D eigenvalue weighted by Gasteiger charge is -1.90. The van der Waals surface area contributed by atoms with Crippen molar-refractivity contribution in [2.75, 3.05) is 5.73 Å². The van der Waals surface area contributed by atoms with E-state index >= 15 is 0 Å². The number of thioether (sulfide) groups is 1. The average molecular weight is 296 g/mol. The summed E-state index contributed by atoms with van der Waals surface area (Å²) < 4.78 is 6.27. The minimum Gasteiger partial charge on any atom is -0.444 e. The molecule has 3 aromatic heterocycles. The number of nitrogens with zero attached hydrogens (tertiary/aromatic N) is 3. The van der Waals surface area contributed by atoms with Gasteiger partial charge in [0.25, 0.3) is 0 Å². The predicted molar refractivity (Wildman–Crippen MR) is 73.7 cm³/mol. The monoisotopic (exact) mass is 296 g/mol. The van der Waals surface area contributed by atoms with Gasteiger partial charge in [-0.15, -0.1) is 21.5 Å². The fraction of sp³-hybridized carbons (Fsp3) is 0.100. The maximum Gasteiger partial charge on any atom is 0.236 e. The molecule has 8 heteroatoms. The molecule has 0 spiro atoms. The minimum absolute atomic E-state index is 0.483. The number of anilines is 1. The number of rotatable bonds is 4. The maximum atomic E-state index is 5.51. The predicted octanol–water partition coefficient (Wildman–Crippen LogP) is 3.13. The van der Waals surface area contributed by atoms with Gasteiger partial charge in [-0.2, -0.15) is 0 Å². The van der Waals surface area contributed by atoms with E-state index in [2.05, 4.69) is 15.2 Å². The van der Waals surface area contributed by atoms with Crippen LogP contribution in [0.15, 0.2) is 32.5 Å². The SMILES string of the molecule is Nc1nnc(SCc2coc(-c3cccs3)n2)s1. The van der Waals surface area contributed by atoms with Gasteiger partial charge in [-0.3, -0.25) is 0 Å². The van der Waals surface area contributed by atoms with E-state index in [4.69, 9.17) is 10.2 Å². The summed E-state index contributed by atoms with van der Waals surface area (Å²) in [5.41, 5.74) is 6.40. The number of nitrogens with two attached hydrogens (primary N) is 1. The van der Waals surface area contributed by atoms with E-state index in [1.165, 1.54) is 11.3 Å². The molecule has 0 radical (unpaired) electrons. The van der Waals surface area contributed by atoms with E-state index in [0.717, 1.165) is 14.9 Å². The van der Waals surface area contributed by atoms with E-state index in [9.17, 15) is 0 Å². The Morgan fingerprint density at radius 1 is 1.39 bits per heavy atom. The highest BCUT2D eigenvalue weighted by Crippen LogP contribution is 2.28. The molecule has 0 aromatic carbocycles. The fourth-order valence-electron chi connectivity index (χ4n) is 1.30. The summed E-state index contributed by atoms with van der Waals surface area (Å²) in [6.07, 6.45) is 1.67. The number of thiophene rings is 1. The summed E-state index contributed by atoms with van der Waals surface area (Å²) in [6, 6.07) is 3.96. The van der Waals surface area contributed by atoms with Gasteiger partial charge < -0.3 is 10.2 Å². The molecule has 0 unspecified atom stereocenters. The second-order valence-corrected chi connectivity index (χ2v) is 6.50. The molecule has 18 heavy (non-hydrogen) atoms. The quantitative estimate of drug-likeness (QED) is 0.745. The Balaban J connectivity index is 1.67. The number of hydrogen-bond donors (Lipinski definition) is 1. The first-order chi connectivity index (χ1) is 8.81. The van der Waals surface area contributed by atoms with Gasteiger partial charge in [0.1, 0.15) is 6.26 Å². The van der Waals surface area contributed by atoms with Crippen molar-refractivity contribution in [3.63, 3.8) is 0 Å². The van der Waals surface area contributed by atoms with Crippen LogP contribution in [-0.4, -0.2) is 15.2 Å². The fourth-order valence-corrected chi connectivity index (χ4v) is 3.47. The third-order valence-electron chi connectivity index (χ3n) is 2.05. The molecule has 0 atom stereocenters. The topological polar surface area (TPSA) is 77.8 Å². The summed E-state index contributed by atoms with van der Waals surface area (Å²) in [4.78, 5) is 5.46. The van der Waals surface area contributed by atoms with Crippen LogP contribution in [0.1, 0.15) is 5.69 Å². The van der Waals surface area contributed by atoms with Gasteiger partial charge in [0.05, 0.1) is 10.6 Å². The van der Waals surface area contributed by atoms with Gasteiger partial charge in [0.15, 0.2) is 4.34 Å². The van der Waals surface area contributed by atoms with Crippen LogP contribution in [0.3, 0.4) is 0 Å². The molecule has 0 aliphatic rings. The molecule has 3 rings (SSSR count). The summed E-state index contributed by atoms with van der Waals surface area (Å²) in [6.45, 7) is 0. The van der Waals surface area contributed by atoms with Crippen LogP contribution >= 0.6 is 34.4 Å². The molecule has 3 heterocycles. The van der Waals surface area contributed by atoms with Gasteiger partial charge >= 0.3 is 0 Å². The van der Waals surface area contributed by atoms with Crippen LogP contribution in [0.4, 0.5) is 5.13 Å². The molecule has 92 valence electrons. The van der Waals surface area contributed by atoms with Crippen molar-refractivity contribution in [1.82, 2.24) is 15.2 Å². The summed E-state index contributed by atoms with van der Waals surface area (Å²) in [7, 11) is 0. The first-order valence-electron chi connectivity index (χ1n) is 5.01. The Hall–Kier alpha value is -1.38. The Morgan fingerprint density at radius 2 is 2.33 bits per heavy atom. The molecular weight excluding hydrogens is 288 g/mol. The van der Waals surface area contributed by atoms with Crippen molar-refractivity contribution in [2.24, 2.45) is 0 Å². The summed E-state index contributed by atoms with van der Waals surface area (Å²) >= 11 is 4.53. The van der Waals surface area contributed by atoms with Crippen molar-refractivity contribution < 1.29 is 4.42 Å². The lowest BCUT2D eigenvalue weighted by molar-refractivity contribution is 0.575. The van der Waals surface area contributed by atoms with E-state index in [1.807, 2.05) is 17.5 Å². The molecule has 0 saturated carbocycles. The van der Waals surface area contributed by atoms with E-state index in [1.54, 1.807) is 29.4 Å². The second kappa shape index (κ2) is 5.09. The Kier molecular flexibility index (Phi) is 3.31. The van der Waals surface area contributed by atoms with Crippen molar-refractivity contribution in [1.29, 1.82) is 0 Å². The summed E-state index contributed by atoms with van der Waals surface area (Å²) in [5.74, 6) is 1.36. The largest absolute Gasteiger partial charge is 0.444 e. The van der Waals surface area contributed by atoms with Crippen LogP contribution in [0.25, 0.3) is 10.8 Å². The lowest BCUT2D eigenvalue weighted by Crippen LogP contribution is -1.81. The highest BCUT2D eigenvalue weighted by Gasteiger charge is 2.09. The van der Waals surface area contributed by atoms with Gasteiger partial charge in [-0.25, -0.2) is 4.98 Å². The van der Waals surface area contributed by atoms with Gasteiger partial charge in [-0.1, -0.05) is 29.2 Å². The second-order valence-electron chi connectivity index (χ2n) is 3.32. The standard InChI is InChI=1S/C10H8N4OS3/c11-9-13-14-10(18-9)17-5-6-4-15-8(12-6)7-2-1-3-16-7/h1-4H,5H2,(H2,11,13). The molecule has 5 nitrogen and oxygen atoms in total. The molecule has 0 amide bonds. The number of nitrogen functional groups attached to an aromatic ring is 1. The number of hydrogen-bond acceptors (Lipinski definition) is 8. The molecule has 0 fully saturated rings. The van der Waals surface area contributed by atoms with E-state index in [-0.39, 0.29) is 0 Å². The van der Waals surface area contributed by atoms with E-state index in [0.29, 0.717) is 16.8 Å². The molecule has 0 aliphatic heterocycles. The highest BCUT2D eigenvalue weighted by molar-refractivity contribution is 8.00. The average Bonchev–Trinajstić information content (AvgIpc) is 3.07.